The van der Waals surface area contributed by atoms with E-state index < -0.39 is 0 Å². The van der Waals surface area contributed by atoms with Crippen molar-refractivity contribution < 1.29 is 4.79 Å². The number of hydrogen-bond acceptors (Lipinski definition) is 2. The molecule has 2 aliphatic carbocycles. The van der Waals surface area contributed by atoms with Gasteiger partial charge in [-0.15, -0.1) is 0 Å². The predicted molar refractivity (Wildman–Crippen MR) is 83.0 cm³/mol. The minimum atomic E-state index is 0.211. The number of aromatic nitrogens is 2. The van der Waals surface area contributed by atoms with Gasteiger partial charge >= 0.3 is 0 Å². The number of amides is 1. The van der Waals surface area contributed by atoms with Gasteiger partial charge in [-0.2, -0.15) is 5.10 Å². The monoisotopic (exact) mass is 289 g/mol. The van der Waals surface area contributed by atoms with Gasteiger partial charge in [0.1, 0.15) is 0 Å². The van der Waals surface area contributed by atoms with E-state index in [0.29, 0.717) is 12.5 Å². The number of aryl methyl sites for hydroxylation is 2. The fraction of sp³-hybridized carbons (Fsp3) is 0.765. The molecule has 2 bridgehead atoms. The Morgan fingerprint density at radius 3 is 2.81 bits per heavy atom. The van der Waals surface area contributed by atoms with E-state index in [1.165, 1.54) is 25.7 Å². The molecular formula is C17H27N3O. The Morgan fingerprint density at radius 2 is 2.24 bits per heavy atom. The van der Waals surface area contributed by atoms with Gasteiger partial charge in [0.15, 0.2) is 0 Å². The SMILES string of the molecule is Cc1cc(C)n([C@H](C)CNC(=O)C[C@@H]2C[C@H]3CC[C@H]2C3)n1. The van der Waals surface area contributed by atoms with Crippen LogP contribution in [0.2, 0.25) is 0 Å². The molecule has 1 heterocycles. The number of nitrogens with one attached hydrogen (secondary N) is 1. The topological polar surface area (TPSA) is 46.9 Å². The van der Waals surface area contributed by atoms with Crippen LogP contribution >= 0.6 is 0 Å². The highest BCUT2D eigenvalue weighted by atomic mass is 16.1. The average molecular weight is 289 g/mol. The second-order valence-electron chi connectivity index (χ2n) is 7.16. The van der Waals surface area contributed by atoms with Crippen LogP contribution in [0.25, 0.3) is 0 Å². The van der Waals surface area contributed by atoms with Crippen molar-refractivity contribution in [2.24, 2.45) is 17.8 Å². The highest BCUT2D eigenvalue weighted by Crippen LogP contribution is 2.49. The van der Waals surface area contributed by atoms with Crippen LogP contribution < -0.4 is 5.32 Å². The van der Waals surface area contributed by atoms with Crippen molar-refractivity contribution in [3.05, 3.63) is 17.5 Å². The fourth-order valence-corrected chi connectivity index (χ4v) is 4.38. The largest absolute Gasteiger partial charge is 0.354 e. The van der Waals surface area contributed by atoms with Crippen LogP contribution in [0.5, 0.6) is 0 Å². The van der Waals surface area contributed by atoms with E-state index in [-0.39, 0.29) is 11.9 Å². The second-order valence-corrected chi connectivity index (χ2v) is 7.16. The summed E-state index contributed by atoms with van der Waals surface area (Å²) in [6.45, 7) is 6.84. The summed E-state index contributed by atoms with van der Waals surface area (Å²) in [7, 11) is 0. The smallest absolute Gasteiger partial charge is 0.220 e. The maximum Gasteiger partial charge on any atom is 0.220 e. The Kier molecular flexibility index (Phi) is 4.05. The van der Waals surface area contributed by atoms with Crippen molar-refractivity contribution in [2.75, 3.05) is 6.54 Å². The molecule has 0 unspecified atom stereocenters. The summed E-state index contributed by atoms with van der Waals surface area (Å²) in [5.41, 5.74) is 2.19. The minimum Gasteiger partial charge on any atom is -0.354 e. The number of carbonyl (C=O) groups is 1. The van der Waals surface area contributed by atoms with Crippen LogP contribution in [0.1, 0.15) is 56.5 Å². The van der Waals surface area contributed by atoms with Gasteiger partial charge < -0.3 is 5.32 Å². The van der Waals surface area contributed by atoms with Crippen molar-refractivity contribution in [1.82, 2.24) is 15.1 Å². The number of carbonyl (C=O) groups excluding carboxylic acids is 1. The van der Waals surface area contributed by atoms with Gasteiger partial charge in [-0.3, -0.25) is 9.48 Å². The number of fused-ring (bicyclic) bond motifs is 2. The lowest BCUT2D eigenvalue weighted by Gasteiger charge is -2.21. The molecule has 0 aliphatic heterocycles. The summed E-state index contributed by atoms with van der Waals surface area (Å²) in [6, 6.07) is 2.29. The maximum absolute atomic E-state index is 12.2. The molecule has 1 N–H and O–H groups in total. The van der Waals surface area contributed by atoms with Crippen molar-refractivity contribution in [1.29, 1.82) is 0 Å². The molecule has 2 fully saturated rings. The Morgan fingerprint density at radius 1 is 1.43 bits per heavy atom. The van der Waals surface area contributed by atoms with E-state index in [2.05, 4.69) is 30.3 Å². The van der Waals surface area contributed by atoms with E-state index in [0.717, 1.165) is 29.6 Å². The molecule has 1 amide bonds. The van der Waals surface area contributed by atoms with Crippen LogP contribution in [0, 0.1) is 31.6 Å². The van der Waals surface area contributed by atoms with E-state index in [4.69, 9.17) is 0 Å². The first-order chi connectivity index (χ1) is 10.0. The molecule has 0 aromatic carbocycles. The van der Waals surface area contributed by atoms with Crippen LogP contribution in [0.4, 0.5) is 0 Å². The molecule has 4 atom stereocenters. The molecule has 1 aromatic rings. The molecule has 0 saturated heterocycles. The molecule has 4 nitrogen and oxygen atoms in total. The van der Waals surface area contributed by atoms with E-state index >= 15 is 0 Å². The summed E-state index contributed by atoms with van der Waals surface area (Å²) in [5, 5.41) is 7.59. The lowest BCUT2D eigenvalue weighted by molar-refractivity contribution is -0.122. The highest BCUT2D eigenvalue weighted by Gasteiger charge is 2.40. The highest BCUT2D eigenvalue weighted by molar-refractivity contribution is 5.76. The summed E-state index contributed by atoms with van der Waals surface area (Å²) >= 11 is 0. The van der Waals surface area contributed by atoms with E-state index in [9.17, 15) is 4.79 Å². The molecule has 4 heteroatoms. The molecule has 0 spiro atoms. The van der Waals surface area contributed by atoms with Crippen molar-refractivity contribution in [3.63, 3.8) is 0 Å². The molecule has 0 radical (unpaired) electrons. The first-order valence-corrected chi connectivity index (χ1v) is 8.32. The zero-order valence-corrected chi connectivity index (χ0v) is 13.4. The Hall–Kier alpha value is -1.32. The maximum atomic E-state index is 12.2. The van der Waals surface area contributed by atoms with Crippen LogP contribution in [-0.2, 0) is 4.79 Å². The second kappa shape index (κ2) is 5.82. The van der Waals surface area contributed by atoms with Gasteiger partial charge in [-0.05, 0) is 63.9 Å². The normalized spacial score (nSPS) is 28.8. The van der Waals surface area contributed by atoms with Gasteiger partial charge in [0.2, 0.25) is 5.91 Å². The van der Waals surface area contributed by atoms with Gasteiger partial charge in [0.05, 0.1) is 11.7 Å². The lowest BCUT2D eigenvalue weighted by Crippen LogP contribution is -2.32. The molecule has 2 aliphatic rings. The van der Waals surface area contributed by atoms with Crippen LogP contribution in [0.3, 0.4) is 0 Å². The Balaban J connectivity index is 1.46. The predicted octanol–water partition coefficient (Wildman–Crippen LogP) is 3.00. The van der Waals surface area contributed by atoms with E-state index in [1.807, 2.05) is 11.6 Å². The zero-order chi connectivity index (χ0) is 15.0. The summed E-state index contributed by atoms with van der Waals surface area (Å²) in [4.78, 5) is 12.2. The molecule has 21 heavy (non-hydrogen) atoms. The lowest BCUT2D eigenvalue weighted by atomic mass is 9.86. The number of rotatable bonds is 5. The average Bonchev–Trinajstić information content (AvgIpc) is 3.11. The third kappa shape index (κ3) is 3.14. The number of nitrogens with zero attached hydrogens (tertiary/aromatic N) is 2. The van der Waals surface area contributed by atoms with Gasteiger partial charge in [-0.25, -0.2) is 0 Å². The fourth-order valence-electron chi connectivity index (χ4n) is 4.38. The molecule has 3 rings (SSSR count). The van der Waals surface area contributed by atoms with Crippen LogP contribution in [-0.4, -0.2) is 22.2 Å². The van der Waals surface area contributed by atoms with Gasteiger partial charge in [0.25, 0.3) is 0 Å². The van der Waals surface area contributed by atoms with E-state index in [1.54, 1.807) is 0 Å². The Bertz CT molecular complexity index is 522. The van der Waals surface area contributed by atoms with Gasteiger partial charge in [-0.1, -0.05) is 6.42 Å². The summed E-state index contributed by atoms with van der Waals surface area (Å²) in [6.07, 6.45) is 6.14. The standard InChI is InChI=1S/C17H27N3O/c1-11-6-12(2)20(19-11)13(3)10-18-17(21)9-16-8-14-4-5-15(16)7-14/h6,13-16H,4-5,7-10H2,1-3H3,(H,18,21)/t13-,14+,15+,16+/m1/s1. The van der Waals surface area contributed by atoms with Crippen molar-refractivity contribution in [3.8, 4) is 0 Å². The van der Waals surface area contributed by atoms with Crippen LogP contribution in [0.15, 0.2) is 6.07 Å². The molecular weight excluding hydrogens is 262 g/mol. The minimum absolute atomic E-state index is 0.211. The first-order valence-electron chi connectivity index (χ1n) is 8.32. The zero-order valence-electron chi connectivity index (χ0n) is 13.4. The Labute approximate surface area is 127 Å². The molecule has 2 saturated carbocycles. The molecule has 1 aromatic heterocycles. The van der Waals surface area contributed by atoms with Crippen molar-refractivity contribution >= 4 is 5.91 Å². The number of hydrogen-bond donors (Lipinski definition) is 1. The first kappa shape index (κ1) is 14.6. The third-order valence-corrected chi connectivity index (χ3v) is 5.39. The quantitative estimate of drug-likeness (QED) is 0.905. The third-order valence-electron chi connectivity index (χ3n) is 5.39. The van der Waals surface area contributed by atoms with Crippen molar-refractivity contribution in [2.45, 2.75) is 58.9 Å². The van der Waals surface area contributed by atoms with Gasteiger partial charge in [0, 0.05) is 18.7 Å². The molecule has 116 valence electrons. The summed E-state index contributed by atoms with van der Waals surface area (Å²) in [5.74, 6) is 2.62. The summed E-state index contributed by atoms with van der Waals surface area (Å²) < 4.78 is 2.01.